The Hall–Kier alpha value is -4.07. The zero-order chi connectivity index (χ0) is 23.2. The van der Waals surface area contributed by atoms with E-state index in [0.29, 0.717) is 17.1 Å². The monoisotopic (exact) mass is 445 g/mol. The van der Waals surface area contributed by atoms with Crippen molar-refractivity contribution in [3.63, 3.8) is 0 Å². The smallest absolute Gasteiger partial charge is 0.245 e. The standard InChI is InChI=1S/C25H24FN5O2/c1-17(20-11-13-23(14-12-20)33-22-9-4-3-5-10-22)27-25(32)24(31-18(2)28-29-30-31)16-19-7-6-8-21(26)15-19/h3-15,17,24H,16H2,1-2H3,(H,27,32). The molecule has 0 aliphatic heterocycles. The molecule has 1 amide bonds. The minimum Gasteiger partial charge on any atom is -0.457 e. The Morgan fingerprint density at radius 1 is 1.03 bits per heavy atom. The number of rotatable bonds is 8. The molecule has 1 heterocycles. The van der Waals surface area contributed by atoms with Crippen molar-refractivity contribution >= 4 is 5.91 Å². The van der Waals surface area contributed by atoms with E-state index in [2.05, 4.69) is 20.8 Å². The van der Waals surface area contributed by atoms with Crippen LogP contribution in [0.1, 0.15) is 36.0 Å². The van der Waals surface area contributed by atoms with E-state index >= 15 is 0 Å². The van der Waals surface area contributed by atoms with E-state index in [0.717, 1.165) is 11.3 Å². The van der Waals surface area contributed by atoms with E-state index in [4.69, 9.17) is 4.74 Å². The number of hydrogen-bond donors (Lipinski definition) is 1. The summed E-state index contributed by atoms with van der Waals surface area (Å²) < 4.78 is 21.0. The van der Waals surface area contributed by atoms with Gasteiger partial charge in [-0.25, -0.2) is 9.07 Å². The highest BCUT2D eigenvalue weighted by Gasteiger charge is 2.26. The largest absolute Gasteiger partial charge is 0.457 e. The van der Waals surface area contributed by atoms with E-state index in [1.807, 2.05) is 61.5 Å². The first kappa shape index (κ1) is 22.1. The lowest BCUT2D eigenvalue weighted by atomic mass is 10.0. The van der Waals surface area contributed by atoms with Gasteiger partial charge in [-0.15, -0.1) is 5.10 Å². The molecule has 0 aliphatic carbocycles. The molecule has 33 heavy (non-hydrogen) atoms. The van der Waals surface area contributed by atoms with Gasteiger partial charge >= 0.3 is 0 Å². The number of amides is 1. The molecule has 0 spiro atoms. The predicted molar refractivity (Wildman–Crippen MR) is 121 cm³/mol. The SMILES string of the molecule is Cc1nnnn1C(Cc1cccc(F)c1)C(=O)NC(C)c1ccc(Oc2ccccc2)cc1. The number of nitrogens with one attached hydrogen (secondary N) is 1. The number of aryl methyl sites for hydroxylation is 1. The van der Waals surface area contributed by atoms with E-state index < -0.39 is 6.04 Å². The fraction of sp³-hybridized carbons (Fsp3) is 0.200. The number of halogens is 1. The Balaban J connectivity index is 1.47. The number of carbonyl (C=O) groups is 1. The number of para-hydroxylation sites is 1. The third-order valence-corrected chi connectivity index (χ3v) is 5.29. The molecule has 4 aromatic rings. The van der Waals surface area contributed by atoms with Gasteiger partial charge in [-0.1, -0.05) is 42.5 Å². The van der Waals surface area contributed by atoms with Gasteiger partial charge < -0.3 is 10.1 Å². The molecule has 2 unspecified atom stereocenters. The van der Waals surface area contributed by atoms with Gasteiger partial charge in [0.1, 0.15) is 29.2 Å². The third-order valence-electron chi connectivity index (χ3n) is 5.29. The van der Waals surface area contributed by atoms with Crippen LogP contribution in [0.2, 0.25) is 0 Å². The van der Waals surface area contributed by atoms with E-state index in [1.165, 1.54) is 16.8 Å². The Morgan fingerprint density at radius 3 is 2.42 bits per heavy atom. The minimum atomic E-state index is -0.718. The van der Waals surface area contributed by atoms with Crippen LogP contribution in [0.3, 0.4) is 0 Å². The van der Waals surface area contributed by atoms with E-state index in [-0.39, 0.29) is 24.2 Å². The number of ether oxygens (including phenoxy) is 1. The number of hydrogen-bond acceptors (Lipinski definition) is 5. The van der Waals surface area contributed by atoms with Crippen molar-refractivity contribution in [3.8, 4) is 11.5 Å². The summed E-state index contributed by atoms with van der Waals surface area (Å²) in [7, 11) is 0. The highest BCUT2D eigenvalue weighted by molar-refractivity contribution is 5.81. The summed E-state index contributed by atoms with van der Waals surface area (Å²) in [6, 6.07) is 22.3. The lowest BCUT2D eigenvalue weighted by Gasteiger charge is -2.21. The van der Waals surface area contributed by atoms with Crippen LogP contribution >= 0.6 is 0 Å². The number of nitrogens with zero attached hydrogens (tertiary/aromatic N) is 4. The summed E-state index contributed by atoms with van der Waals surface area (Å²) in [6.07, 6.45) is 0.256. The van der Waals surface area contributed by atoms with Gasteiger partial charge in [0.15, 0.2) is 0 Å². The summed E-state index contributed by atoms with van der Waals surface area (Å²) >= 11 is 0. The van der Waals surface area contributed by atoms with Crippen molar-refractivity contribution in [3.05, 3.63) is 102 Å². The number of tetrazole rings is 1. The highest BCUT2D eigenvalue weighted by atomic mass is 19.1. The second kappa shape index (κ2) is 10.0. The van der Waals surface area contributed by atoms with Crippen molar-refractivity contribution in [2.45, 2.75) is 32.4 Å². The lowest BCUT2D eigenvalue weighted by Crippen LogP contribution is -2.36. The van der Waals surface area contributed by atoms with Crippen LogP contribution in [0.5, 0.6) is 11.5 Å². The maximum atomic E-state index is 13.7. The van der Waals surface area contributed by atoms with E-state index in [9.17, 15) is 9.18 Å². The first-order valence-corrected chi connectivity index (χ1v) is 10.6. The van der Waals surface area contributed by atoms with Crippen molar-refractivity contribution < 1.29 is 13.9 Å². The predicted octanol–water partition coefficient (Wildman–Crippen LogP) is 4.57. The molecule has 8 heteroatoms. The van der Waals surface area contributed by atoms with Crippen LogP contribution in [0, 0.1) is 12.7 Å². The Morgan fingerprint density at radius 2 is 1.76 bits per heavy atom. The lowest BCUT2D eigenvalue weighted by molar-refractivity contribution is -0.125. The molecular weight excluding hydrogens is 421 g/mol. The van der Waals surface area contributed by atoms with Crippen LogP contribution in [-0.2, 0) is 11.2 Å². The van der Waals surface area contributed by atoms with Crippen LogP contribution < -0.4 is 10.1 Å². The highest BCUT2D eigenvalue weighted by Crippen LogP contribution is 2.24. The Labute approximate surface area is 191 Å². The van der Waals surface area contributed by atoms with Gasteiger partial charge in [-0.2, -0.15) is 0 Å². The summed E-state index contributed by atoms with van der Waals surface area (Å²) in [5.74, 6) is 1.35. The second-order valence-corrected chi connectivity index (χ2v) is 7.73. The Bertz CT molecular complexity index is 1210. The van der Waals surface area contributed by atoms with Crippen LogP contribution in [0.15, 0.2) is 78.9 Å². The van der Waals surface area contributed by atoms with Gasteiger partial charge in [0.2, 0.25) is 5.91 Å². The van der Waals surface area contributed by atoms with Gasteiger partial charge in [0.05, 0.1) is 6.04 Å². The fourth-order valence-corrected chi connectivity index (χ4v) is 3.55. The molecule has 0 bridgehead atoms. The number of benzene rings is 3. The van der Waals surface area contributed by atoms with Gasteiger partial charge in [0.25, 0.3) is 0 Å². The summed E-state index contributed by atoms with van der Waals surface area (Å²) in [4.78, 5) is 13.2. The summed E-state index contributed by atoms with van der Waals surface area (Å²) in [5.41, 5.74) is 1.60. The quantitative estimate of drug-likeness (QED) is 0.430. The maximum absolute atomic E-state index is 13.7. The molecule has 0 aliphatic rings. The maximum Gasteiger partial charge on any atom is 0.245 e. The van der Waals surface area contributed by atoms with Gasteiger partial charge in [-0.05, 0) is 71.8 Å². The minimum absolute atomic E-state index is 0.256. The van der Waals surface area contributed by atoms with Crippen molar-refractivity contribution in [2.75, 3.05) is 0 Å². The molecule has 0 fully saturated rings. The first-order valence-electron chi connectivity index (χ1n) is 10.6. The molecule has 0 saturated heterocycles. The zero-order valence-electron chi connectivity index (χ0n) is 18.4. The van der Waals surface area contributed by atoms with Crippen LogP contribution in [0.4, 0.5) is 4.39 Å². The van der Waals surface area contributed by atoms with E-state index in [1.54, 1.807) is 19.1 Å². The van der Waals surface area contributed by atoms with Gasteiger partial charge in [-0.3, -0.25) is 4.79 Å². The van der Waals surface area contributed by atoms with Crippen molar-refractivity contribution in [2.24, 2.45) is 0 Å². The zero-order valence-corrected chi connectivity index (χ0v) is 18.4. The Kier molecular flexibility index (Phi) is 6.73. The topological polar surface area (TPSA) is 81.9 Å². The normalized spacial score (nSPS) is 12.7. The number of aromatic nitrogens is 4. The molecule has 2 atom stereocenters. The first-order chi connectivity index (χ1) is 16.0. The molecule has 0 saturated carbocycles. The van der Waals surface area contributed by atoms with Crippen LogP contribution in [0.25, 0.3) is 0 Å². The molecule has 168 valence electrons. The number of carbonyl (C=O) groups excluding carboxylic acids is 1. The molecule has 7 nitrogen and oxygen atoms in total. The third kappa shape index (κ3) is 5.60. The van der Waals surface area contributed by atoms with Gasteiger partial charge in [0, 0.05) is 6.42 Å². The molecule has 0 radical (unpaired) electrons. The van der Waals surface area contributed by atoms with Crippen LogP contribution in [-0.4, -0.2) is 26.1 Å². The average molecular weight is 445 g/mol. The second-order valence-electron chi connectivity index (χ2n) is 7.73. The fourth-order valence-electron chi connectivity index (χ4n) is 3.55. The average Bonchev–Trinajstić information content (AvgIpc) is 3.24. The summed E-state index contributed by atoms with van der Waals surface area (Å²) in [5, 5.41) is 14.6. The van der Waals surface area contributed by atoms with Crippen molar-refractivity contribution in [1.82, 2.24) is 25.5 Å². The summed E-state index contributed by atoms with van der Waals surface area (Å²) in [6.45, 7) is 3.62. The molecular formula is C25H24FN5O2. The molecule has 3 aromatic carbocycles. The van der Waals surface area contributed by atoms with Crippen molar-refractivity contribution in [1.29, 1.82) is 0 Å². The molecule has 1 aromatic heterocycles. The molecule has 1 N–H and O–H groups in total. The molecule has 4 rings (SSSR count).